The number of piperidine rings is 1. The molecular formula is C14H14BrClN2OS. The van der Waals surface area contributed by atoms with Crippen LogP contribution in [-0.4, -0.2) is 34.9 Å². The molecule has 0 spiro atoms. The summed E-state index contributed by atoms with van der Waals surface area (Å²) in [6.07, 6.45) is 3.37. The second kappa shape index (κ2) is 6.38. The molecule has 1 aromatic rings. The molecule has 1 amide bonds. The minimum atomic E-state index is -0.342. The van der Waals surface area contributed by atoms with Crippen LogP contribution < -0.4 is 0 Å². The third kappa shape index (κ3) is 3.30. The minimum absolute atomic E-state index is 0.0270. The van der Waals surface area contributed by atoms with Crippen molar-refractivity contribution < 1.29 is 4.79 Å². The number of nitriles is 1. The molecule has 20 heavy (non-hydrogen) atoms. The smallest absolute Gasteiger partial charge is 0.253 e. The molecular weight excluding hydrogens is 360 g/mol. The lowest BCUT2D eigenvalue weighted by Crippen LogP contribution is -2.44. The fraction of sp³-hybridized carbons (Fsp3) is 0.429. The largest absolute Gasteiger partial charge is 0.338 e. The van der Waals surface area contributed by atoms with Gasteiger partial charge in [-0.1, -0.05) is 27.5 Å². The zero-order valence-electron chi connectivity index (χ0n) is 11.0. The quantitative estimate of drug-likeness (QED) is 0.788. The average Bonchev–Trinajstić information content (AvgIpc) is 2.45. The first-order valence-electron chi connectivity index (χ1n) is 6.21. The van der Waals surface area contributed by atoms with Crippen molar-refractivity contribution in [3.63, 3.8) is 0 Å². The Hall–Kier alpha value is -0.700. The van der Waals surface area contributed by atoms with E-state index in [0.29, 0.717) is 36.5 Å². The second-order valence-electron chi connectivity index (χ2n) is 4.76. The van der Waals surface area contributed by atoms with Gasteiger partial charge in [-0.3, -0.25) is 4.79 Å². The molecule has 1 aromatic carbocycles. The highest BCUT2D eigenvalue weighted by Gasteiger charge is 2.35. The number of hydrogen-bond acceptors (Lipinski definition) is 3. The van der Waals surface area contributed by atoms with Crippen LogP contribution >= 0.6 is 39.3 Å². The molecule has 0 radical (unpaired) electrons. The van der Waals surface area contributed by atoms with Crippen molar-refractivity contribution in [2.75, 3.05) is 19.3 Å². The van der Waals surface area contributed by atoms with Crippen LogP contribution in [0.2, 0.25) is 5.02 Å². The van der Waals surface area contributed by atoms with E-state index in [0.717, 1.165) is 4.47 Å². The summed E-state index contributed by atoms with van der Waals surface area (Å²) in [6, 6.07) is 7.58. The van der Waals surface area contributed by atoms with Gasteiger partial charge >= 0.3 is 0 Å². The second-order valence-corrected chi connectivity index (χ2v) is 7.30. The summed E-state index contributed by atoms with van der Waals surface area (Å²) >= 11 is 10.9. The fourth-order valence-corrected chi connectivity index (χ4v) is 3.83. The first-order chi connectivity index (χ1) is 9.49. The maximum atomic E-state index is 12.4. The van der Waals surface area contributed by atoms with E-state index in [2.05, 4.69) is 22.0 Å². The number of amides is 1. The fourth-order valence-electron chi connectivity index (χ4n) is 2.29. The number of thioether (sulfide) groups is 1. The van der Waals surface area contributed by atoms with Gasteiger partial charge in [-0.05, 0) is 37.3 Å². The number of hydrogen-bond donors (Lipinski definition) is 0. The van der Waals surface area contributed by atoms with Crippen molar-refractivity contribution in [1.82, 2.24) is 4.90 Å². The van der Waals surface area contributed by atoms with E-state index in [1.165, 1.54) is 0 Å². The number of carbonyl (C=O) groups is 1. The van der Waals surface area contributed by atoms with Gasteiger partial charge in [-0.15, -0.1) is 11.8 Å². The van der Waals surface area contributed by atoms with Crippen molar-refractivity contribution >= 4 is 45.2 Å². The Kier molecular flexibility index (Phi) is 5.00. The molecule has 2 rings (SSSR count). The van der Waals surface area contributed by atoms with E-state index in [1.54, 1.807) is 34.9 Å². The Labute approximate surface area is 136 Å². The van der Waals surface area contributed by atoms with Crippen LogP contribution in [0.15, 0.2) is 22.7 Å². The lowest BCUT2D eigenvalue weighted by molar-refractivity contribution is 0.0716. The number of likely N-dealkylation sites (tertiary alicyclic amines) is 1. The van der Waals surface area contributed by atoms with Crippen LogP contribution in [0.4, 0.5) is 0 Å². The third-order valence-corrected chi connectivity index (χ3v) is 5.52. The summed E-state index contributed by atoms with van der Waals surface area (Å²) in [7, 11) is 0. The Balaban J connectivity index is 2.11. The molecule has 0 aromatic heterocycles. The van der Waals surface area contributed by atoms with Crippen molar-refractivity contribution in [3.8, 4) is 6.07 Å². The number of benzene rings is 1. The maximum Gasteiger partial charge on any atom is 0.253 e. The summed E-state index contributed by atoms with van der Waals surface area (Å²) in [5, 5.41) is 9.80. The van der Waals surface area contributed by atoms with Gasteiger partial charge in [-0.25, -0.2) is 0 Å². The predicted molar refractivity (Wildman–Crippen MR) is 86.1 cm³/mol. The molecule has 1 fully saturated rings. The van der Waals surface area contributed by atoms with Gasteiger partial charge in [0.1, 0.15) is 4.75 Å². The van der Waals surface area contributed by atoms with E-state index in [-0.39, 0.29) is 10.7 Å². The van der Waals surface area contributed by atoms with Crippen LogP contribution in [0.1, 0.15) is 23.2 Å². The third-order valence-electron chi connectivity index (χ3n) is 3.56. The SMILES string of the molecule is CSC1(C#N)CCN(C(=O)c2cc(Cl)cc(Br)c2)CC1. The standard InChI is InChI=1S/C14H14BrClN2OS/c1-20-14(9-17)2-4-18(5-3-14)13(19)10-6-11(15)8-12(16)7-10/h6-8H,2-5H2,1H3. The van der Waals surface area contributed by atoms with Crippen molar-refractivity contribution in [2.45, 2.75) is 17.6 Å². The van der Waals surface area contributed by atoms with Crippen LogP contribution in [0, 0.1) is 11.3 Å². The minimum Gasteiger partial charge on any atom is -0.338 e. The van der Waals surface area contributed by atoms with E-state index < -0.39 is 0 Å². The van der Waals surface area contributed by atoms with Gasteiger partial charge in [-0.2, -0.15) is 5.26 Å². The lowest BCUT2D eigenvalue weighted by atomic mass is 9.96. The Morgan fingerprint density at radius 2 is 2.10 bits per heavy atom. The highest BCUT2D eigenvalue weighted by molar-refractivity contribution is 9.10. The molecule has 6 heteroatoms. The van der Waals surface area contributed by atoms with Gasteiger partial charge in [0.2, 0.25) is 0 Å². The molecule has 0 unspecified atom stereocenters. The van der Waals surface area contributed by atoms with E-state index in [9.17, 15) is 10.1 Å². The molecule has 1 aliphatic rings. The van der Waals surface area contributed by atoms with Crippen LogP contribution in [0.25, 0.3) is 0 Å². The van der Waals surface area contributed by atoms with Gasteiger partial charge in [0.05, 0.1) is 6.07 Å². The summed E-state index contributed by atoms with van der Waals surface area (Å²) in [6.45, 7) is 1.22. The molecule has 3 nitrogen and oxygen atoms in total. The summed E-state index contributed by atoms with van der Waals surface area (Å²) in [4.78, 5) is 14.2. The molecule has 1 aliphatic heterocycles. The van der Waals surface area contributed by atoms with Gasteiger partial charge in [0.25, 0.3) is 5.91 Å². The predicted octanol–water partition coefficient (Wildman–Crippen LogP) is 3.96. The van der Waals surface area contributed by atoms with Gasteiger partial charge in [0.15, 0.2) is 0 Å². The molecule has 0 N–H and O–H groups in total. The highest BCUT2D eigenvalue weighted by atomic mass is 79.9. The number of nitrogens with zero attached hydrogens (tertiary/aromatic N) is 2. The Bertz CT molecular complexity index is 545. The summed E-state index contributed by atoms with van der Waals surface area (Å²) in [5.74, 6) is -0.0270. The zero-order chi connectivity index (χ0) is 14.8. The molecule has 0 atom stereocenters. The zero-order valence-corrected chi connectivity index (χ0v) is 14.2. The molecule has 1 saturated heterocycles. The molecule has 0 aliphatic carbocycles. The first kappa shape index (κ1) is 15.7. The number of halogens is 2. The molecule has 106 valence electrons. The van der Waals surface area contributed by atoms with E-state index in [4.69, 9.17) is 11.6 Å². The van der Waals surface area contributed by atoms with Gasteiger partial charge in [0, 0.05) is 28.1 Å². The normalized spacial score (nSPS) is 17.6. The Morgan fingerprint density at radius 3 is 2.60 bits per heavy atom. The van der Waals surface area contributed by atoms with E-state index in [1.807, 2.05) is 6.26 Å². The Morgan fingerprint density at radius 1 is 1.45 bits per heavy atom. The number of rotatable bonds is 2. The maximum absolute atomic E-state index is 12.4. The topological polar surface area (TPSA) is 44.1 Å². The van der Waals surface area contributed by atoms with Crippen molar-refractivity contribution in [1.29, 1.82) is 5.26 Å². The lowest BCUT2D eigenvalue weighted by Gasteiger charge is -2.36. The molecule has 0 bridgehead atoms. The van der Waals surface area contributed by atoms with E-state index >= 15 is 0 Å². The molecule has 0 saturated carbocycles. The molecule has 1 heterocycles. The van der Waals surface area contributed by atoms with Crippen LogP contribution in [0.5, 0.6) is 0 Å². The van der Waals surface area contributed by atoms with Crippen molar-refractivity contribution in [2.24, 2.45) is 0 Å². The van der Waals surface area contributed by atoms with Gasteiger partial charge < -0.3 is 4.90 Å². The monoisotopic (exact) mass is 372 g/mol. The number of carbonyl (C=O) groups excluding carboxylic acids is 1. The van der Waals surface area contributed by atoms with Crippen molar-refractivity contribution in [3.05, 3.63) is 33.3 Å². The van der Waals surface area contributed by atoms with Crippen LogP contribution in [0.3, 0.4) is 0 Å². The summed E-state index contributed by atoms with van der Waals surface area (Å²) < 4.78 is 0.451. The first-order valence-corrected chi connectivity index (χ1v) is 8.61. The average molecular weight is 374 g/mol. The van der Waals surface area contributed by atoms with Crippen LogP contribution in [-0.2, 0) is 0 Å². The summed E-state index contributed by atoms with van der Waals surface area (Å²) in [5.41, 5.74) is 0.581. The highest BCUT2D eigenvalue weighted by Crippen LogP contribution is 2.34.